The molecule has 2 aliphatic rings. The number of aryl methyl sites for hydroxylation is 2. The van der Waals surface area contributed by atoms with Gasteiger partial charge in [0.1, 0.15) is 0 Å². The fraction of sp³-hybridized carbons (Fsp3) is 0.455. The lowest BCUT2D eigenvalue weighted by Gasteiger charge is -2.34. The van der Waals surface area contributed by atoms with Crippen molar-refractivity contribution in [2.24, 2.45) is 0 Å². The van der Waals surface area contributed by atoms with Crippen molar-refractivity contribution in [3.63, 3.8) is 0 Å². The molecule has 2 aromatic rings. The third-order valence-electron chi connectivity index (χ3n) is 5.76. The van der Waals surface area contributed by atoms with E-state index < -0.39 is 0 Å². The summed E-state index contributed by atoms with van der Waals surface area (Å²) in [7, 11) is 0. The Bertz CT molecular complexity index is 616. The van der Waals surface area contributed by atoms with E-state index in [0.717, 1.165) is 18.9 Å². The van der Waals surface area contributed by atoms with Crippen LogP contribution in [0.3, 0.4) is 0 Å². The SMILES string of the molecule is c1ccc(CCc2ccc([C@@H]3CC[C@@H]4CCCCN43)cc2)cc1. The topological polar surface area (TPSA) is 3.24 Å². The second kappa shape index (κ2) is 6.88. The van der Waals surface area contributed by atoms with E-state index >= 15 is 0 Å². The minimum atomic E-state index is 0.684. The molecule has 2 fully saturated rings. The first-order valence-corrected chi connectivity index (χ1v) is 9.29. The summed E-state index contributed by atoms with van der Waals surface area (Å²) in [4.78, 5) is 2.78. The Hall–Kier alpha value is -1.60. The van der Waals surface area contributed by atoms with E-state index in [1.54, 1.807) is 0 Å². The molecule has 1 heteroatoms. The Morgan fingerprint density at radius 1 is 0.739 bits per heavy atom. The molecule has 0 saturated carbocycles. The van der Waals surface area contributed by atoms with Gasteiger partial charge in [-0.2, -0.15) is 0 Å². The van der Waals surface area contributed by atoms with Crippen LogP contribution in [0.25, 0.3) is 0 Å². The van der Waals surface area contributed by atoms with E-state index in [-0.39, 0.29) is 0 Å². The Balaban J connectivity index is 1.40. The van der Waals surface area contributed by atoms with E-state index in [1.807, 2.05) is 0 Å². The number of hydrogen-bond acceptors (Lipinski definition) is 1. The van der Waals surface area contributed by atoms with E-state index in [2.05, 4.69) is 59.5 Å². The fourth-order valence-electron chi connectivity index (χ4n) is 4.46. The molecule has 2 atom stereocenters. The predicted molar refractivity (Wildman–Crippen MR) is 96.6 cm³/mol. The van der Waals surface area contributed by atoms with Crippen LogP contribution in [0, 0.1) is 0 Å². The molecule has 0 aliphatic carbocycles. The Kier molecular flexibility index (Phi) is 4.48. The third-order valence-corrected chi connectivity index (χ3v) is 5.76. The standard InChI is InChI=1S/C22H27N/c1-2-6-18(7-3-1)9-10-19-11-13-20(14-12-19)22-16-15-21-8-4-5-17-23(21)22/h1-3,6-7,11-14,21-22H,4-5,8-10,15-17H2/t21-,22-/m0/s1. The van der Waals surface area contributed by atoms with Gasteiger partial charge in [0.25, 0.3) is 0 Å². The molecule has 0 spiro atoms. The molecule has 23 heavy (non-hydrogen) atoms. The number of benzene rings is 2. The van der Waals surface area contributed by atoms with Crippen LogP contribution in [0.2, 0.25) is 0 Å². The van der Waals surface area contributed by atoms with Gasteiger partial charge in [0.2, 0.25) is 0 Å². The maximum absolute atomic E-state index is 2.78. The summed E-state index contributed by atoms with van der Waals surface area (Å²) in [6.07, 6.45) is 9.29. The molecule has 2 aromatic carbocycles. The van der Waals surface area contributed by atoms with Crippen LogP contribution in [-0.2, 0) is 12.8 Å². The van der Waals surface area contributed by atoms with Crippen molar-refractivity contribution < 1.29 is 0 Å². The van der Waals surface area contributed by atoms with E-state index in [9.17, 15) is 0 Å². The molecular weight excluding hydrogens is 278 g/mol. The van der Waals surface area contributed by atoms with Gasteiger partial charge in [-0.1, -0.05) is 61.0 Å². The van der Waals surface area contributed by atoms with Gasteiger partial charge in [-0.15, -0.1) is 0 Å². The van der Waals surface area contributed by atoms with Gasteiger partial charge in [0.05, 0.1) is 0 Å². The van der Waals surface area contributed by atoms with Crippen LogP contribution >= 0.6 is 0 Å². The molecule has 0 unspecified atom stereocenters. The van der Waals surface area contributed by atoms with Crippen molar-refractivity contribution >= 4 is 0 Å². The Morgan fingerprint density at radius 3 is 2.26 bits per heavy atom. The molecule has 0 radical (unpaired) electrons. The van der Waals surface area contributed by atoms with Crippen molar-refractivity contribution in [1.29, 1.82) is 0 Å². The van der Waals surface area contributed by atoms with Gasteiger partial charge in [-0.3, -0.25) is 4.90 Å². The molecule has 0 N–H and O–H groups in total. The second-order valence-corrected chi connectivity index (χ2v) is 7.21. The number of rotatable bonds is 4. The van der Waals surface area contributed by atoms with Crippen LogP contribution in [0.4, 0.5) is 0 Å². The largest absolute Gasteiger partial charge is 0.293 e. The van der Waals surface area contributed by atoms with Crippen molar-refractivity contribution in [1.82, 2.24) is 4.90 Å². The summed E-state index contributed by atoms with van der Waals surface area (Å²) in [5.41, 5.74) is 4.44. The molecule has 4 rings (SSSR count). The summed E-state index contributed by atoms with van der Waals surface area (Å²) in [6.45, 7) is 1.31. The highest BCUT2D eigenvalue weighted by molar-refractivity contribution is 5.27. The van der Waals surface area contributed by atoms with Crippen LogP contribution < -0.4 is 0 Å². The van der Waals surface area contributed by atoms with Crippen molar-refractivity contribution in [3.05, 3.63) is 71.3 Å². The Labute approximate surface area is 140 Å². The monoisotopic (exact) mass is 305 g/mol. The lowest BCUT2D eigenvalue weighted by atomic mass is 9.99. The van der Waals surface area contributed by atoms with Crippen molar-refractivity contribution in [2.45, 2.75) is 57.0 Å². The summed E-state index contributed by atoms with van der Waals surface area (Å²) in [6, 6.07) is 21.9. The minimum absolute atomic E-state index is 0.684. The molecule has 0 bridgehead atoms. The minimum Gasteiger partial charge on any atom is -0.293 e. The fourth-order valence-corrected chi connectivity index (χ4v) is 4.46. The van der Waals surface area contributed by atoms with Crippen LogP contribution in [-0.4, -0.2) is 17.5 Å². The van der Waals surface area contributed by atoms with Crippen LogP contribution in [0.1, 0.15) is 54.8 Å². The zero-order chi connectivity index (χ0) is 15.5. The van der Waals surface area contributed by atoms with Gasteiger partial charge in [0, 0.05) is 12.1 Å². The van der Waals surface area contributed by atoms with E-state index in [0.29, 0.717) is 6.04 Å². The quantitative estimate of drug-likeness (QED) is 0.754. The number of piperidine rings is 1. The Morgan fingerprint density at radius 2 is 1.48 bits per heavy atom. The van der Waals surface area contributed by atoms with E-state index in [4.69, 9.17) is 0 Å². The zero-order valence-electron chi connectivity index (χ0n) is 14.0. The average molecular weight is 305 g/mol. The third kappa shape index (κ3) is 3.35. The van der Waals surface area contributed by atoms with Gasteiger partial charge in [0.15, 0.2) is 0 Å². The smallest absolute Gasteiger partial charge is 0.0351 e. The van der Waals surface area contributed by atoms with Gasteiger partial charge < -0.3 is 0 Å². The van der Waals surface area contributed by atoms with Crippen molar-refractivity contribution in [3.8, 4) is 0 Å². The summed E-state index contributed by atoms with van der Waals surface area (Å²) in [5, 5.41) is 0. The maximum atomic E-state index is 2.78. The lowest BCUT2D eigenvalue weighted by Crippen LogP contribution is -2.35. The van der Waals surface area contributed by atoms with Crippen LogP contribution in [0.5, 0.6) is 0 Å². The molecule has 120 valence electrons. The van der Waals surface area contributed by atoms with Gasteiger partial charge in [-0.05, 0) is 61.8 Å². The average Bonchev–Trinajstić information content (AvgIpc) is 3.05. The molecule has 0 amide bonds. The molecular formula is C22H27N. The molecule has 2 saturated heterocycles. The molecule has 2 aliphatic heterocycles. The normalized spacial score (nSPS) is 24.5. The summed E-state index contributed by atoms with van der Waals surface area (Å²) >= 11 is 0. The van der Waals surface area contributed by atoms with E-state index in [1.165, 1.54) is 55.3 Å². The molecule has 1 nitrogen and oxygen atoms in total. The first kappa shape index (κ1) is 15.0. The summed E-state index contributed by atoms with van der Waals surface area (Å²) in [5.74, 6) is 0. The maximum Gasteiger partial charge on any atom is 0.0351 e. The highest BCUT2D eigenvalue weighted by Gasteiger charge is 2.35. The first-order chi connectivity index (χ1) is 11.4. The first-order valence-electron chi connectivity index (χ1n) is 9.29. The molecule has 0 aromatic heterocycles. The number of fused-ring (bicyclic) bond motifs is 1. The summed E-state index contributed by atoms with van der Waals surface area (Å²) < 4.78 is 0. The second-order valence-electron chi connectivity index (χ2n) is 7.21. The van der Waals surface area contributed by atoms with Gasteiger partial charge >= 0.3 is 0 Å². The van der Waals surface area contributed by atoms with Crippen molar-refractivity contribution in [2.75, 3.05) is 6.54 Å². The van der Waals surface area contributed by atoms with Gasteiger partial charge in [-0.25, -0.2) is 0 Å². The molecule has 2 heterocycles. The lowest BCUT2D eigenvalue weighted by molar-refractivity contribution is 0.150. The predicted octanol–water partition coefficient (Wildman–Crippen LogP) is 5.16. The highest BCUT2D eigenvalue weighted by Crippen LogP contribution is 2.40. The van der Waals surface area contributed by atoms with Crippen LogP contribution in [0.15, 0.2) is 54.6 Å². The number of hydrogen-bond donors (Lipinski definition) is 0. The highest BCUT2D eigenvalue weighted by atomic mass is 15.2. The zero-order valence-corrected chi connectivity index (χ0v) is 14.0. The number of nitrogens with zero attached hydrogens (tertiary/aromatic N) is 1.